The second-order valence-corrected chi connectivity index (χ2v) is 8.59. The molecule has 160 valence electrons. The summed E-state index contributed by atoms with van der Waals surface area (Å²) >= 11 is 0. The minimum Gasteiger partial charge on any atom is -0.388 e. The van der Waals surface area contributed by atoms with Crippen LogP contribution in [-0.2, 0) is 14.3 Å². The molecule has 1 spiro atoms. The molecule has 0 radical (unpaired) electrons. The van der Waals surface area contributed by atoms with Crippen molar-refractivity contribution >= 4 is 11.7 Å². The molecule has 0 saturated carbocycles. The van der Waals surface area contributed by atoms with Gasteiger partial charge in [-0.05, 0) is 38.3 Å². The third-order valence-electron chi connectivity index (χ3n) is 6.59. The summed E-state index contributed by atoms with van der Waals surface area (Å²) in [6.07, 6.45) is 3.07. The number of morpholine rings is 1. The number of pyridine rings is 1. The van der Waals surface area contributed by atoms with Crippen molar-refractivity contribution < 1.29 is 19.4 Å². The summed E-state index contributed by atoms with van der Waals surface area (Å²) in [6.45, 7) is 7.23. The first-order valence-electron chi connectivity index (χ1n) is 10.6. The van der Waals surface area contributed by atoms with Gasteiger partial charge in [0, 0.05) is 39.0 Å². The Bertz CT molecular complexity index is 689. The molecule has 0 aromatic carbocycles. The van der Waals surface area contributed by atoms with E-state index in [-0.39, 0.29) is 5.91 Å². The average molecular weight is 405 g/mol. The van der Waals surface area contributed by atoms with Crippen LogP contribution in [0.1, 0.15) is 26.2 Å². The van der Waals surface area contributed by atoms with E-state index in [1.165, 1.54) is 0 Å². The van der Waals surface area contributed by atoms with Crippen LogP contribution >= 0.6 is 0 Å². The Morgan fingerprint density at radius 3 is 2.66 bits per heavy atom. The van der Waals surface area contributed by atoms with Crippen molar-refractivity contribution in [2.75, 3.05) is 57.4 Å². The van der Waals surface area contributed by atoms with E-state index < -0.39 is 17.2 Å². The van der Waals surface area contributed by atoms with Crippen molar-refractivity contribution in [3.8, 4) is 0 Å². The molecule has 0 bridgehead atoms. The molecule has 1 amide bonds. The Balaban J connectivity index is 1.38. The van der Waals surface area contributed by atoms with E-state index in [4.69, 9.17) is 9.47 Å². The molecule has 1 aromatic heterocycles. The highest BCUT2D eigenvalue weighted by molar-refractivity contribution is 5.79. The number of hydrogen-bond acceptors (Lipinski definition) is 7. The standard InChI is InChI=1S/C21H32N4O4/c1-20(23-18(26)16-24-11-14-28-15-12-24)7-13-29-21(19(20)27)5-9-25(10-6-21)17-4-2-3-8-22-17/h2-4,8,19,27H,5-7,9-16H2,1H3,(H,23,26)/t19-,20+/m1/s1. The van der Waals surface area contributed by atoms with Crippen LogP contribution in [0.3, 0.4) is 0 Å². The van der Waals surface area contributed by atoms with E-state index in [1.54, 1.807) is 6.20 Å². The van der Waals surface area contributed by atoms with Crippen LogP contribution in [0, 0.1) is 0 Å². The molecule has 8 heteroatoms. The van der Waals surface area contributed by atoms with E-state index in [0.29, 0.717) is 45.6 Å². The van der Waals surface area contributed by atoms with Crippen LogP contribution in [0.15, 0.2) is 24.4 Å². The number of amides is 1. The van der Waals surface area contributed by atoms with E-state index in [2.05, 4.69) is 20.1 Å². The molecule has 0 aliphatic carbocycles. The lowest BCUT2D eigenvalue weighted by atomic mass is 9.73. The summed E-state index contributed by atoms with van der Waals surface area (Å²) < 4.78 is 11.5. The fraction of sp³-hybridized carbons (Fsp3) is 0.714. The van der Waals surface area contributed by atoms with Crippen LogP contribution < -0.4 is 10.2 Å². The molecule has 4 heterocycles. The number of nitrogens with one attached hydrogen (secondary N) is 1. The average Bonchev–Trinajstić information content (AvgIpc) is 2.74. The molecule has 3 saturated heterocycles. The Kier molecular flexibility index (Phi) is 6.06. The topological polar surface area (TPSA) is 87.2 Å². The summed E-state index contributed by atoms with van der Waals surface area (Å²) in [7, 11) is 0. The fourth-order valence-corrected chi connectivity index (χ4v) is 4.79. The number of carbonyl (C=O) groups excluding carboxylic acids is 1. The molecule has 2 atom stereocenters. The lowest BCUT2D eigenvalue weighted by Crippen LogP contribution is -2.69. The zero-order chi connectivity index (χ0) is 20.3. The molecule has 29 heavy (non-hydrogen) atoms. The van der Waals surface area contributed by atoms with Crippen molar-refractivity contribution in [3.63, 3.8) is 0 Å². The number of carbonyl (C=O) groups is 1. The normalized spacial score (nSPS) is 30.3. The summed E-state index contributed by atoms with van der Waals surface area (Å²) in [4.78, 5) is 21.4. The monoisotopic (exact) mass is 404 g/mol. The Morgan fingerprint density at radius 2 is 1.97 bits per heavy atom. The van der Waals surface area contributed by atoms with Crippen LogP contribution in [-0.4, -0.2) is 90.7 Å². The van der Waals surface area contributed by atoms with Gasteiger partial charge in [-0.3, -0.25) is 9.69 Å². The largest absolute Gasteiger partial charge is 0.388 e. The molecule has 4 rings (SSSR count). The Hall–Kier alpha value is -1.74. The predicted octanol–water partition coefficient (Wildman–Crippen LogP) is 0.409. The first-order chi connectivity index (χ1) is 14.0. The van der Waals surface area contributed by atoms with Gasteiger partial charge in [-0.15, -0.1) is 0 Å². The van der Waals surface area contributed by atoms with Crippen LogP contribution in [0.25, 0.3) is 0 Å². The number of ether oxygens (including phenoxy) is 2. The minimum atomic E-state index is -0.747. The first-order valence-corrected chi connectivity index (χ1v) is 10.6. The van der Waals surface area contributed by atoms with Gasteiger partial charge in [-0.25, -0.2) is 4.98 Å². The highest BCUT2D eigenvalue weighted by atomic mass is 16.5. The molecule has 0 unspecified atom stereocenters. The number of hydrogen-bond donors (Lipinski definition) is 2. The maximum atomic E-state index is 12.7. The minimum absolute atomic E-state index is 0.0450. The number of nitrogens with zero attached hydrogens (tertiary/aromatic N) is 3. The number of piperidine rings is 1. The maximum Gasteiger partial charge on any atom is 0.234 e. The third kappa shape index (κ3) is 4.40. The Labute approximate surface area is 172 Å². The number of anilines is 1. The highest BCUT2D eigenvalue weighted by Gasteiger charge is 2.53. The summed E-state index contributed by atoms with van der Waals surface area (Å²) in [5, 5.41) is 14.4. The maximum absolute atomic E-state index is 12.7. The summed E-state index contributed by atoms with van der Waals surface area (Å²) in [6, 6.07) is 5.90. The van der Waals surface area contributed by atoms with Crippen LogP contribution in [0.2, 0.25) is 0 Å². The molecule has 3 fully saturated rings. The van der Waals surface area contributed by atoms with Crippen LogP contribution in [0.4, 0.5) is 5.82 Å². The smallest absolute Gasteiger partial charge is 0.234 e. The van der Waals surface area contributed by atoms with Gasteiger partial charge in [0.15, 0.2) is 0 Å². The van der Waals surface area contributed by atoms with Gasteiger partial charge in [-0.1, -0.05) is 6.07 Å². The van der Waals surface area contributed by atoms with E-state index in [0.717, 1.165) is 32.0 Å². The van der Waals surface area contributed by atoms with Gasteiger partial charge < -0.3 is 24.8 Å². The Morgan fingerprint density at radius 1 is 1.21 bits per heavy atom. The van der Waals surface area contributed by atoms with Gasteiger partial charge in [0.05, 0.1) is 30.9 Å². The SMILES string of the molecule is C[C@]1(NC(=O)CN2CCOCC2)CCOC2(CCN(c3ccccn3)CC2)[C@@H]1O. The van der Waals surface area contributed by atoms with Gasteiger partial charge in [-0.2, -0.15) is 0 Å². The van der Waals surface area contributed by atoms with Gasteiger partial charge in [0.1, 0.15) is 11.9 Å². The zero-order valence-corrected chi connectivity index (χ0v) is 17.2. The van der Waals surface area contributed by atoms with Gasteiger partial charge in [0.25, 0.3) is 0 Å². The molecular weight excluding hydrogens is 372 g/mol. The fourth-order valence-electron chi connectivity index (χ4n) is 4.79. The third-order valence-corrected chi connectivity index (χ3v) is 6.59. The van der Waals surface area contributed by atoms with Crippen molar-refractivity contribution in [1.29, 1.82) is 0 Å². The molecular formula is C21H32N4O4. The number of aliphatic hydroxyl groups excluding tert-OH is 1. The molecule has 3 aliphatic rings. The predicted molar refractivity (Wildman–Crippen MR) is 109 cm³/mol. The lowest BCUT2D eigenvalue weighted by Gasteiger charge is -2.53. The van der Waals surface area contributed by atoms with E-state index >= 15 is 0 Å². The van der Waals surface area contributed by atoms with Crippen molar-refractivity contribution in [2.45, 2.75) is 43.4 Å². The number of rotatable bonds is 4. The number of aromatic nitrogens is 1. The summed E-state index contributed by atoms with van der Waals surface area (Å²) in [5.41, 5.74) is -1.31. The lowest BCUT2D eigenvalue weighted by molar-refractivity contribution is -0.198. The first kappa shape index (κ1) is 20.5. The van der Waals surface area contributed by atoms with Crippen LogP contribution in [0.5, 0.6) is 0 Å². The molecule has 2 N–H and O–H groups in total. The van der Waals surface area contributed by atoms with Crippen molar-refractivity contribution in [2.24, 2.45) is 0 Å². The molecule has 8 nitrogen and oxygen atoms in total. The van der Waals surface area contributed by atoms with E-state index in [1.807, 2.05) is 25.1 Å². The quantitative estimate of drug-likeness (QED) is 0.752. The van der Waals surface area contributed by atoms with Gasteiger partial charge in [0.2, 0.25) is 5.91 Å². The van der Waals surface area contributed by atoms with E-state index in [9.17, 15) is 9.90 Å². The van der Waals surface area contributed by atoms with Crippen molar-refractivity contribution in [1.82, 2.24) is 15.2 Å². The van der Waals surface area contributed by atoms with Gasteiger partial charge >= 0.3 is 0 Å². The molecule has 3 aliphatic heterocycles. The number of aliphatic hydroxyl groups is 1. The zero-order valence-electron chi connectivity index (χ0n) is 17.2. The molecule has 1 aromatic rings. The van der Waals surface area contributed by atoms with Crippen molar-refractivity contribution in [3.05, 3.63) is 24.4 Å². The highest BCUT2D eigenvalue weighted by Crippen LogP contribution is 2.40. The second kappa shape index (κ2) is 8.55. The second-order valence-electron chi connectivity index (χ2n) is 8.59. The summed E-state index contributed by atoms with van der Waals surface area (Å²) in [5.74, 6) is 0.908.